The molecule has 0 saturated carbocycles. The molecule has 1 unspecified atom stereocenters. The minimum Gasteiger partial charge on any atom is -0.396 e. The van der Waals surface area contributed by atoms with Crippen LogP contribution in [0, 0.1) is 12.8 Å². The molecular weight excluding hydrogens is 282 g/mol. The van der Waals surface area contributed by atoms with E-state index >= 15 is 0 Å². The summed E-state index contributed by atoms with van der Waals surface area (Å²) in [5, 5.41) is 19.9. The number of amides is 2. The first-order valence-electron chi connectivity index (χ1n) is 7.40. The monoisotopic (exact) mass is 305 g/mol. The van der Waals surface area contributed by atoms with Crippen LogP contribution < -0.4 is 10.6 Å². The van der Waals surface area contributed by atoms with E-state index in [1.165, 1.54) is 0 Å². The van der Waals surface area contributed by atoms with Gasteiger partial charge in [-0.25, -0.2) is 9.78 Å². The van der Waals surface area contributed by atoms with Crippen LogP contribution in [0.5, 0.6) is 0 Å². The number of hydrogen-bond donors (Lipinski definition) is 3. The second-order valence-corrected chi connectivity index (χ2v) is 5.77. The van der Waals surface area contributed by atoms with Crippen molar-refractivity contribution in [2.75, 3.05) is 11.9 Å². The predicted molar refractivity (Wildman–Crippen MR) is 85.7 cm³/mol. The quantitative estimate of drug-likeness (QED) is 0.785. The van der Waals surface area contributed by atoms with Crippen LogP contribution in [-0.4, -0.2) is 38.6 Å². The second-order valence-electron chi connectivity index (χ2n) is 5.77. The van der Waals surface area contributed by atoms with Gasteiger partial charge in [0, 0.05) is 25.1 Å². The maximum Gasteiger partial charge on any atom is 0.319 e. The molecule has 2 amide bonds. The first kappa shape index (κ1) is 16.2. The zero-order valence-corrected chi connectivity index (χ0v) is 13.4. The van der Waals surface area contributed by atoms with Gasteiger partial charge in [0.1, 0.15) is 0 Å². The Kier molecular flexibility index (Phi) is 4.97. The Morgan fingerprint density at radius 2 is 2.18 bits per heavy atom. The van der Waals surface area contributed by atoms with E-state index in [2.05, 4.69) is 20.7 Å². The minimum atomic E-state index is -0.296. The van der Waals surface area contributed by atoms with Gasteiger partial charge in [-0.1, -0.05) is 13.8 Å². The van der Waals surface area contributed by atoms with Gasteiger partial charge in [-0.2, -0.15) is 5.10 Å². The molecule has 22 heavy (non-hydrogen) atoms. The van der Waals surface area contributed by atoms with Crippen molar-refractivity contribution < 1.29 is 9.90 Å². The molecule has 7 heteroatoms. The smallest absolute Gasteiger partial charge is 0.319 e. The van der Waals surface area contributed by atoms with E-state index < -0.39 is 0 Å². The molecule has 2 heterocycles. The maximum absolute atomic E-state index is 12.1. The first-order valence-corrected chi connectivity index (χ1v) is 7.40. The first-order chi connectivity index (χ1) is 10.4. The highest BCUT2D eigenvalue weighted by Gasteiger charge is 2.16. The lowest BCUT2D eigenvalue weighted by molar-refractivity contribution is 0.227. The van der Waals surface area contributed by atoms with E-state index in [1.54, 1.807) is 10.9 Å². The van der Waals surface area contributed by atoms with E-state index in [4.69, 9.17) is 5.11 Å². The summed E-state index contributed by atoms with van der Waals surface area (Å²) in [5.41, 5.74) is 2.27. The molecule has 120 valence electrons. The molecule has 0 saturated heterocycles. The van der Waals surface area contributed by atoms with Crippen molar-refractivity contribution in [3.05, 3.63) is 18.0 Å². The van der Waals surface area contributed by atoms with Gasteiger partial charge < -0.3 is 15.7 Å². The lowest BCUT2D eigenvalue weighted by atomic mass is 10.0. The van der Waals surface area contributed by atoms with Crippen LogP contribution in [0.1, 0.15) is 26.0 Å². The summed E-state index contributed by atoms with van der Waals surface area (Å²) in [6.07, 6.45) is 2.14. The Balaban J connectivity index is 2.09. The average molecular weight is 305 g/mol. The van der Waals surface area contributed by atoms with Crippen molar-refractivity contribution in [3.8, 4) is 0 Å². The molecule has 0 bridgehead atoms. The topological polar surface area (TPSA) is 92.1 Å². The molecule has 7 nitrogen and oxygen atoms in total. The van der Waals surface area contributed by atoms with Gasteiger partial charge in [0.05, 0.1) is 17.6 Å². The summed E-state index contributed by atoms with van der Waals surface area (Å²) in [4.78, 5) is 16.4. The number of nitrogens with zero attached hydrogens (tertiary/aromatic N) is 3. The number of carbonyl (C=O) groups is 1. The number of aryl methyl sites for hydroxylation is 2. The van der Waals surface area contributed by atoms with Gasteiger partial charge in [-0.05, 0) is 25.3 Å². The number of urea groups is 1. The average Bonchev–Trinajstić information content (AvgIpc) is 2.73. The fourth-order valence-corrected chi connectivity index (χ4v) is 2.42. The maximum atomic E-state index is 12.1. The molecule has 0 aliphatic rings. The van der Waals surface area contributed by atoms with E-state index in [0.29, 0.717) is 12.1 Å². The van der Waals surface area contributed by atoms with Gasteiger partial charge in [0.15, 0.2) is 5.65 Å². The number of aliphatic hydroxyl groups is 1. The molecular formula is C15H23N5O2. The molecule has 2 aromatic rings. The highest BCUT2D eigenvalue weighted by atomic mass is 16.3. The SMILES string of the molecule is Cc1nn(C)c2ncc(NC(=O)NC(CCO)C(C)C)cc12. The van der Waals surface area contributed by atoms with Crippen LogP contribution in [0.3, 0.4) is 0 Å². The summed E-state index contributed by atoms with van der Waals surface area (Å²) >= 11 is 0. The summed E-state index contributed by atoms with van der Waals surface area (Å²) in [6, 6.07) is 1.50. The van der Waals surface area contributed by atoms with Crippen LogP contribution >= 0.6 is 0 Å². The van der Waals surface area contributed by atoms with Gasteiger partial charge in [0.2, 0.25) is 0 Å². The van der Waals surface area contributed by atoms with Crippen LogP contribution in [0.15, 0.2) is 12.3 Å². The van der Waals surface area contributed by atoms with Crippen molar-refractivity contribution in [1.29, 1.82) is 0 Å². The summed E-state index contributed by atoms with van der Waals surface area (Å²) in [5.74, 6) is 0.249. The highest BCUT2D eigenvalue weighted by Crippen LogP contribution is 2.19. The number of pyridine rings is 1. The minimum absolute atomic E-state index is 0.0471. The fraction of sp³-hybridized carbons (Fsp3) is 0.533. The fourth-order valence-electron chi connectivity index (χ4n) is 2.42. The number of anilines is 1. The highest BCUT2D eigenvalue weighted by molar-refractivity contribution is 5.92. The molecule has 0 aromatic carbocycles. The van der Waals surface area contributed by atoms with Crippen molar-refractivity contribution in [1.82, 2.24) is 20.1 Å². The zero-order chi connectivity index (χ0) is 16.3. The van der Waals surface area contributed by atoms with E-state index in [-0.39, 0.29) is 24.6 Å². The number of rotatable bonds is 5. The number of fused-ring (bicyclic) bond motifs is 1. The van der Waals surface area contributed by atoms with Crippen molar-refractivity contribution in [2.45, 2.75) is 33.2 Å². The van der Waals surface area contributed by atoms with E-state index in [9.17, 15) is 4.79 Å². The molecule has 1 atom stereocenters. The Morgan fingerprint density at radius 1 is 1.45 bits per heavy atom. The molecule has 0 fully saturated rings. The van der Waals surface area contributed by atoms with Crippen molar-refractivity contribution >= 4 is 22.8 Å². The largest absolute Gasteiger partial charge is 0.396 e. The third kappa shape index (κ3) is 3.54. The van der Waals surface area contributed by atoms with E-state index in [0.717, 1.165) is 16.7 Å². The number of aliphatic hydroxyl groups excluding tert-OH is 1. The summed E-state index contributed by atoms with van der Waals surface area (Å²) in [6.45, 7) is 5.97. The normalized spacial score (nSPS) is 12.6. The van der Waals surface area contributed by atoms with Crippen molar-refractivity contribution in [3.63, 3.8) is 0 Å². The predicted octanol–water partition coefficient (Wildman–Crippen LogP) is 1.81. The third-order valence-electron chi connectivity index (χ3n) is 3.68. The lowest BCUT2D eigenvalue weighted by Gasteiger charge is -2.21. The lowest BCUT2D eigenvalue weighted by Crippen LogP contribution is -2.41. The summed E-state index contributed by atoms with van der Waals surface area (Å²) in [7, 11) is 1.84. The number of aromatic nitrogens is 3. The van der Waals surface area contributed by atoms with Crippen molar-refractivity contribution in [2.24, 2.45) is 13.0 Å². The Bertz CT molecular complexity index is 665. The van der Waals surface area contributed by atoms with Gasteiger partial charge >= 0.3 is 6.03 Å². The van der Waals surface area contributed by atoms with Crippen LogP contribution in [0.2, 0.25) is 0 Å². The Labute approximate surface area is 129 Å². The standard InChI is InChI=1S/C15H23N5O2/c1-9(2)13(5-6-21)18-15(22)17-11-7-12-10(3)19-20(4)14(12)16-8-11/h7-9,13,21H,5-6H2,1-4H3,(H2,17,18,22). The van der Waals surface area contributed by atoms with Crippen LogP contribution in [0.25, 0.3) is 11.0 Å². The molecule has 0 aliphatic heterocycles. The Hall–Kier alpha value is -2.15. The molecule has 0 aliphatic carbocycles. The van der Waals surface area contributed by atoms with Gasteiger partial charge in [-0.15, -0.1) is 0 Å². The molecule has 2 aromatic heterocycles. The second kappa shape index (κ2) is 6.74. The Morgan fingerprint density at radius 3 is 2.82 bits per heavy atom. The van der Waals surface area contributed by atoms with Crippen LogP contribution in [-0.2, 0) is 7.05 Å². The van der Waals surface area contributed by atoms with Crippen LogP contribution in [0.4, 0.5) is 10.5 Å². The van der Waals surface area contributed by atoms with Gasteiger partial charge in [-0.3, -0.25) is 4.68 Å². The molecule has 3 N–H and O–H groups in total. The van der Waals surface area contributed by atoms with E-state index in [1.807, 2.05) is 33.9 Å². The summed E-state index contributed by atoms with van der Waals surface area (Å²) < 4.78 is 1.71. The molecule has 0 spiro atoms. The third-order valence-corrected chi connectivity index (χ3v) is 3.68. The number of carbonyl (C=O) groups excluding carboxylic acids is 1. The molecule has 2 rings (SSSR count). The molecule has 0 radical (unpaired) electrons. The number of nitrogens with one attached hydrogen (secondary N) is 2. The van der Waals surface area contributed by atoms with Gasteiger partial charge in [0.25, 0.3) is 0 Å². The zero-order valence-electron chi connectivity index (χ0n) is 13.4. The number of hydrogen-bond acceptors (Lipinski definition) is 4.